The van der Waals surface area contributed by atoms with E-state index < -0.39 is 11.8 Å². The highest BCUT2D eigenvalue weighted by Crippen LogP contribution is 2.30. The van der Waals surface area contributed by atoms with E-state index in [2.05, 4.69) is 10.4 Å². The molecule has 1 heterocycles. The van der Waals surface area contributed by atoms with Gasteiger partial charge in [0, 0.05) is 17.0 Å². The van der Waals surface area contributed by atoms with Gasteiger partial charge >= 0.3 is 5.97 Å². The number of carbonyl (C=O) groups excluding carboxylic acids is 1. The van der Waals surface area contributed by atoms with Crippen LogP contribution >= 0.6 is 0 Å². The number of halogens is 1. The molecule has 4 rings (SSSR count). The van der Waals surface area contributed by atoms with Crippen molar-refractivity contribution in [1.82, 2.24) is 15.1 Å². The molecule has 6 nitrogen and oxygen atoms in total. The van der Waals surface area contributed by atoms with Crippen molar-refractivity contribution in [2.75, 3.05) is 0 Å². The van der Waals surface area contributed by atoms with E-state index in [0.29, 0.717) is 22.2 Å². The second-order valence-corrected chi connectivity index (χ2v) is 6.85. The summed E-state index contributed by atoms with van der Waals surface area (Å²) < 4.78 is 15.8. The highest BCUT2D eigenvalue weighted by molar-refractivity contribution is 5.96. The van der Waals surface area contributed by atoms with Gasteiger partial charge in [-0.1, -0.05) is 6.07 Å². The zero-order chi connectivity index (χ0) is 19.1. The van der Waals surface area contributed by atoms with Crippen molar-refractivity contribution in [3.05, 3.63) is 53.5 Å². The first-order valence-electron chi connectivity index (χ1n) is 8.71. The lowest BCUT2D eigenvalue weighted by atomic mass is 9.96. The van der Waals surface area contributed by atoms with Crippen molar-refractivity contribution in [3.8, 4) is 11.1 Å². The summed E-state index contributed by atoms with van der Waals surface area (Å²) in [7, 11) is 0. The molecule has 2 aromatic carbocycles. The molecule has 7 heteroatoms. The smallest absolute Gasteiger partial charge is 0.325 e. The topological polar surface area (TPSA) is 84.2 Å². The molecule has 1 aliphatic carbocycles. The number of rotatable bonds is 5. The second-order valence-electron chi connectivity index (χ2n) is 6.85. The number of carboxylic acids is 1. The fraction of sp³-hybridized carbons (Fsp3) is 0.250. The molecule has 0 bridgehead atoms. The molecule has 1 aromatic heterocycles. The zero-order valence-electron chi connectivity index (χ0n) is 14.7. The Morgan fingerprint density at radius 3 is 2.78 bits per heavy atom. The van der Waals surface area contributed by atoms with Gasteiger partial charge in [-0.15, -0.1) is 0 Å². The van der Waals surface area contributed by atoms with E-state index in [-0.39, 0.29) is 18.5 Å². The van der Waals surface area contributed by atoms with Crippen LogP contribution in [0.2, 0.25) is 0 Å². The van der Waals surface area contributed by atoms with E-state index in [0.717, 1.165) is 23.8 Å². The zero-order valence-corrected chi connectivity index (χ0v) is 14.7. The first kappa shape index (κ1) is 17.2. The number of nitrogens with one attached hydrogen (secondary N) is 1. The van der Waals surface area contributed by atoms with E-state index in [1.54, 1.807) is 31.3 Å². The second kappa shape index (κ2) is 6.50. The fourth-order valence-corrected chi connectivity index (χ4v) is 3.11. The standard InChI is InChI=1S/C20H18FN3O3/c1-11-16(7-13(8-17(11)21)20(27)23-15-3-4-15)12-2-5-18-14(6-12)9-22-24(18)10-19(25)26/h2,5-9,15H,3-4,10H2,1H3,(H,23,27)(H,25,26). The molecule has 138 valence electrons. The molecule has 0 aliphatic heterocycles. The van der Waals surface area contributed by atoms with Crippen molar-refractivity contribution < 1.29 is 19.1 Å². The quantitative estimate of drug-likeness (QED) is 0.726. The molecule has 1 amide bonds. The van der Waals surface area contributed by atoms with Gasteiger partial charge in [0.05, 0.1) is 11.7 Å². The maximum absolute atomic E-state index is 14.4. The number of benzene rings is 2. The Balaban J connectivity index is 1.74. The molecule has 0 atom stereocenters. The number of aliphatic carboxylic acids is 1. The lowest BCUT2D eigenvalue weighted by Crippen LogP contribution is -2.25. The Morgan fingerprint density at radius 1 is 1.30 bits per heavy atom. The number of carbonyl (C=O) groups is 2. The van der Waals surface area contributed by atoms with Crippen LogP contribution in [0.15, 0.2) is 36.5 Å². The van der Waals surface area contributed by atoms with E-state index in [4.69, 9.17) is 5.11 Å². The van der Waals surface area contributed by atoms with Gasteiger partial charge in [-0.3, -0.25) is 14.3 Å². The number of aromatic nitrogens is 2. The molecule has 0 spiro atoms. The molecular formula is C20H18FN3O3. The van der Waals surface area contributed by atoms with Gasteiger partial charge in [-0.25, -0.2) is 4.39 Å². The minimum absolute atomic E-state index is 0.196. The minimum atomic E-state index is -0.976. The van der Waals surface area contributed by atoms with Crippen molar-refractivity contribution >= 4 is 22.8 Å². The summed E-state index contributed by atoms with van der Waals surface area (Å²) in [5.74, 6) is -1.68. The number of hydrogen-bond donors (Lipinski definition) is 2. The lowest BCUT2D eigenvalue weighted by molar-refractivity contribution is -0.137. The number of amides is 1. The lowest BCUT2D eigenvalue weighted by Gasteiger charge is -2.11. The molecule has 1 aliphatic rings. The monoisotopic (exact) mass is 367 g/mol. The van der Waals surface area contributed by atoms with Crippen molar-refractivity contribution in [1.29, 1.82) is 0 Å². The molecule has 0 saturated heterocycles. The molecule has 0 radical (unpaired) electrons. The van der Waals surface area contributed by atoms with Gasteiger partial charge in [0.1, 0.15) is 12.4 Å². The highest BCUT2D eigenvalue weighted by Gasteiger charge is 2.24. The van der Waals surface area contributed by atoms with Crippen molar-refractivity contribution in [2.45, 2.75) is 32.4 Å². The van der Waals surface area contributed by atoms with E-state index in [9.17, 15) is 14.0 Å². The molecule has 27 heavy (non-hydrogen) atoms. The summed E-state index contributed by atoms with van der Waals surface area (Å²) in [6.45, 7) is 1.44. The van der Waals surface area contributed by atoms with Crippen molar-refractivity contribution in [2.24, 2.45) is 0 Å². The SMILES string of the molecule is Cc1c(F)cc(C(=O)NC2CC2)cc1-c1ccc2c(cnn2CC(=O)O)c1. The highest BCUT2D eigenvalue weighted by atomic mass is 19.1. The number of fused-ring (bicyclic) bond motifs is 1. The molecule has 3 aromatic rings. The van der Waals surface area contributed by atoms with Crippen LogP contribution in [0.25, 0.3) is 22.0 Å². The first-order valence-corrected chi connectivity index (χ1v) is 8.71. The van der Waals surface area contributed by atoms with Crippen LogP contribution in [-0.4, -0.2) is 32.8 Å². The van der Waals surface area contributed by atoms with Gasteiger partial charge < -0.3 is 10.4 Å². The van der Waals surface area contributed by atoms with E-state index in [1.807, 2.05) is 6.07 Å². The van der Waals surface area contributed by atoms with Crippen LogP contribution in [0.1, 0.15) is 28.8 Å². The maximum atomic E-state index is 14.4. The summed E-state index contributed by atoms with van der Waals surface area (Å²) in [4.78, 5) is 23.2. The van der Waals surface area contributed by atoms with Gasteiger partial charge in [0.2, 0.25) is 0 Å². The minimum Gasteiger partial charge on any atom is -0.480 e. The number of hydrogen-bond acceptors (Lipinski definition) is 3. The average Bonchev–Trinajstić information content (AvgIpc) is 3.36. The summed E-state index contributed by atoms with van der Waals surface area (Å²) in [5.41, 5.74) is 2.80. The maximum Gasteiger partial charge on any atom is 0.325 e. The van der Waals surface area contributed by atoms with Gasteiger partial charge in [-0.05, 0) is 60.7 Å². The molecule has 0 unspecified atom stereocenters. The summed E-state index contributed by atoms with van der Waals surface area (Å²) in [5, 5.41) is 16.7. The van der Waals surface area contributed by atoms with Crippen molar-refractivity contribution in [3.63, 3.8) is 0 Å². The predicted molar refractivity (Wildman–Crippen MR) is 98.0 cm³/mol. The van der Waals surface area contributed by atoms with Gasteiger partial charge in [0.25, 0.3) is 5.91 Å². The third-order valence-electron chi connectivity index (χ3n) is 4.76. The summed E-state index contributed by atoms with van der Waals surface area (Å²) in [6, 6.07) is 8.52. The largest absolute Gasteiger partial charge is 0.480 e. The fourth-order valence-electron chi connectivity index (χ4n) is 3.11. The van der Waals surface area contributed by atoms with Crippen LogP contribution < -0.4 is 5.32 Å². The Labute approximate surface area is 154 Å². The Bertz CT molecular complexity index is 1070. The molecule has 1 saturated carbocycles. The summed E-state index contributed by atoms with van der Waals surface area (Å²) in [6.07, 6.45) is 3.50. The van der Waals surface area contributed by atoms with E-state index in [1.165, 1.54) is 10.7 Å². The van der Waals surface area contributed by atoms with Crippen LogP contribution in [0.4, 0.5) is 4.39 Å². The van der Waals surface area contributed by atoms with Gasteiger partial charge in [-0.2, -0.15) is 5.10 Å². The van der Waals surface area contributed by atoms with Crippen LogP contribution in [0.5, 0.6) is 0 Å². The van der Waals surface area contributed by atoms with Crippen LogP contribution in [0, 0.1) is 12.7 Å². The molecular weight excluding hydrogens is 349 g/mol. The molecule has 1 fully saturated rings. The predicted octanol–water partition coefficient (Wildman–Crippen LogP) is 3.13. The Morgan fingerprint density at radius 2 is 2.07 bits per heavy atom. The Kier molecular flexibility index (Phi) is 4.14. The van der Waals surface area contributed by atoms with Gasteiger partial charge in [0.15, 0.2) is 0 Å². The molecule has 2 N–H and O–H groups in total. The Hall–Kier alpha value is -3.22. The average molecular weight is 367 g/mol. The van der Waals surface area contributed by atoms with E-state index >= 15 is 0 Å². The first-order chi connectivity index (χ1) is 12.9. The summed E-state index contributed by atoms with van der Waals surface area (Å²) >= 11 is 0. The van der Waals surface area contributed by atoms with Crippen LogP contribution in [0.3, 0.4) is 0 Å². The third kappa shape index (κ3) is 3.40. The third-order valence-corrected chi connectivity index (χ3v) is 4.76. The van der Waals surface area contributed by atoms with Crippen LogP contribution in [-0.2, 0) is 11.3 Å². The number of nitrogens with zero attached hydrogens (tertiary/aromatic N) is 2. The normalized spacial score (nSPS) is 13.7. The number of carboxylic acid groups (broad SMARTS) is 1.